The lowest BCUT2D eigenvalue weighted by Crippen LogP contribution is -2.05. The Balaban J connectivity index is 1.76. The summed E-state index contributed by atoms with van der Waals surface area (Å²) in [6, 6.07) is 11.6. The highest BCUT2D eigenvalue weighted by molar-refractivity contribution is 5.92. The third-order valence-electron chi connectivity index (χ3n) is 3.82. The van der Waals surface area contributed by atoms with E-state index in [1.165, 1.54) is 12.5 Å². The monoisotopic (exact) mass is 374 g/mol. The number of pyridine rings is 1. The second-order valence-electron chi connectivity index (χ2n) is 5.91. The summed E-state index contributed by atoms with van der Waals surface area (Å²) >= 11 is 0. The van der Waals surface area contributed by atoms with Gasteiger partial charge in [0.2, 0.25) is 0 Å². The summed E-state index contributed by atoms with van der Waals surface area (Å²) in [5, 5.41) is 18.5. The molecular weight excluding hydrogens is 352 g/mol. The molecule has 0 saturated heterocycles. The minimum absolute atomic E-state index is 0.443. The van der Waals surface area contributed by atoms with E-state index in [1.807, 2.05) is 36.4 Å². The van der Waals surface area contributed by atoms with Crippen LogP contribution in [0.5, 0.6) is 0 Å². The molecule has 2 heterocycles. The number of aromatic nitrogens is 3. The molecular formula is C20H22N8. The van der Waals surface area contributed by atoms with Crippen molar-refractivity contribution in [2.45, 2.75) is 13.3 Å². The summed E-state index contributed by atoms with van der Waals surface area (Å²) in [5.74, 6) is 0.970. The summed E-state index contributed by atoms with van der Waals surface area (Å²) in [7, 11) is 0. The molecule has 0 aliphatic heterocycles. The van der Waals surface area contributed by atoms with Gasteiger partial charge in [-0.3, -0.25) is 10.4 Å². The first-order valence-corrected chi connectivity index (χ1v) is 8.95. The van der Waals surface area contributed by atoms with Crippen molar-refractivity contribution in [1.82, 2.24) is 15.0 Å². The van der Waals surface area contributed by atoms with Crippen molar-refractivity contribution in [1.29, 1.82) is 5.41 Å². The number of nitrogens with one attached hydrogen (secondary N) is 4. The van der Waals surface area contributed by atoms with Gasteiger partial charge in [-0.05, 0) is 42.3 Å². The fourth-order valence-corrected chi connectivity index (χ4v) is 2.45. The molecule has 1 aromatic carbocycles. The van der Waals surface area contributed by atoms with Crippen LogP contribution in [0.25, 0.3) is 0 Å². The molecule has 0 unspecified atom stereocenters. The van der Waals surface area contributed by atoms with E-state index in [0.717, 1.165) is 29.9 Å². The molecule has 0 aliphatic rings. The molecule has 0 aliphatic carbocycles. The maximum Gasteiger partial charge on any atom is 0.160 e. The fraction of sp³-hybridized carbons (Fsp3) is 0.150. The van der Waals surface area contributed by atoms with Crippen molar-refractivity contribution < 1.29 is 0 Å². The Kier molecular flexibility index (Phi) is 6.62. The topological polar surface area (TPSA) is 111 Å². The summed E-state index contributed by atoms with van der Waals surface area (Å²) in [4.78, 5) is 12.4. The standard InChI is InChI=1S/C20H22N8/c1-2-8-23-16-4-3-5-17(11-16)27-19-18(12-21)20(25-14-24-19)28-26-13-15-6-9-22-10-7-15/h3-7,9-14,21,23H,2,8H2,1H3,(H2,24,25,27,28)/b21-12?,26-13+. The highest BCUT2D eigenvalue weighted by Gasteiger charge is 2.09. The van der Waals surface area contributed by atoms with E-state index < -0.39 is 0 Å². The Bertz CT molecular complexity index is 940. The third-order valence-corrected chi connectivity index (χ3v) is 3.82. The lowest BCUT2D eigenvalue weighted by molar-refractivity contribution is 0.980. The van der Waals surface area contributed by atoms with Crippen LogP contribution in [0.15, 0.2) is 60.2 Å². The van der Waals surface area contributed by atoms with Gasteiger partial charge in [-0.25, -0.2) is 9.97 Å². The summed E-state index contributed by atoms with van der Waals surface area (Å²) in [6.07, 6.45) is 8.73. The van der Waals surface area contributed by atoms with Crippen molar-refractivity contribution in [3.63, 3.8) is 0 Å². The van der Waals surface area contributed by atoms with Gasteiger partial charge >= 0.3 is 0 Å². The lowest BCUT2D eigenvalue weighted by Gasteiger charge is -2.12. The van der Waals surface area contributed by atoms with Gasteiger partial charge in [-0.15, -0.1) is 0 Å². The fourth-order valence-electron chi connectivity index (χ4n) is 2.45. The normalized spacial score (nSPS) is 10.6. The number of hydrogen-bond donors (Lipinski definition) is 4. The van der Waals surface area contributed by atoms with E-state index in [9.17, 15) is 0 Å². The van der Waals surface area contributed by atoms with Crippen molar-refractivity contribution >= 4 is 35.4 Å². The number of anilines is 4. The van der Waals surface area contributed by atoms with Gasteiger partial charge in [0.1, 0.15) is 12.1 Å². The Morgan fingerprint density at radius 3 is 2.64 bits per heavy atom. The van der Waals surface area contributed by atoms with Crippen molar-refractivity contribution in [2.24, 2.45) is 5.10 Å². The van der Waals surface area contributed by atoms with Gasteiger partial charge in [-0.2, -0.15) is 5.10 Å². The largest absolute Gasteiger partial charge is 0.385 e. The molecule has 0 saturated carbocycles. The first-order chi connectivity index (χ1) is 13.8. The van der Waals surface area contributed by atoms with Crippen molar-refractivity contribution in [3.05, 3.63) is 66.2 Å². The van der Waals surface area contributed by atoms with Gasteiger partial charge in [0, 0.05) is 36.5 Å². The molecule has 0 amide bonds. The molecule has 28 heavy (non-hydrogen) atoms. The first kappa shape index (κ1) is 19.0. The lowest BCUT2D eigenvalue weighted by atomic mass is 10.2. The molecule has 0 spiro atoms. The highest BCUT2D eigenvalue weighted by Crippen LogP contribution is 2.23. The molecule has 3 rings (SSSR count). The van der Waals surface area contributed by atoms with E-state index >= 15 is 0 Å². The SMILES string of the molecule is CCCNc1cccc(Nc2ncnc(N/N=C/c3ccncc3)c2C=N)c1. The second kappa shape index (κ2) is 9.77. The maximum absolute atomic E-state index is 7.77. The van der Waals surface area contributed by atoms with E-state index in [1.54, 1.807) is 18.6 Å². The minimum Gasteiger partial charge on any atom is -0.385 e. The van der Waals surface area contributed by atoms with Gasteiger partial charge in [0.15, 0.2) is 5.82 Å². The van der Waals surface area contributed by atoms with Crippen LogP contribution in [0.3, 0.4) is 0 Å². The van der Waals surface area contributed by atoms with Crippen LogP contribution in [0.2, 0.25) is 0 Å². The number of rotatable bonds is 9. The van der Waals surface area contributed by atoms with Gasteiger partial charge in [0.05, 0.1) is 11.8 Å². The average molecular weight is 374 g/mol. The van der Waals surface area contributed by atoms with Gasteiger partial charge < -0.3 is 16.0 Å². The molecule has 0 atom stereocenters. The molecule has 0 bridgehead atoms. The van der Waals surface area contributed by atoms with Crippen molar-refractivity contribution in [3.8, 4) is 0 Å². The Hall–Kier alpha value is -3.81. The molecule has 3 aromatic rings. The predicted octanol–water partition coefficient (Wildman–Crippen LogP) is 3.88. The molecule has 8 heteroatoms. The smallest absolute Gasteiger partial charge is 0.160 e. The molecule has 0 radical (unpaired) electrons. The van der Waals surface area contributed by atoms with Crippen LogP contribution in [0, 0.1) is 5.41 Å². The number of nitrogens with zero attached hydrogens (tertiary/aromatic N) is 4. The van der Waals surface area contributed by atoms with Crippen LogP contribution in [-0.2, 0) is 0 Å². The zero-order valence-corrected chi connectivity index (χ0v) is 15.6. The number of hydrazone groups is 1. The Morgan fingerprint density at radius 2 is 1.86 bits per heavy atom. The highest BCUT2D eigenvalue weighted by atomic mass is 15.3. The minimum atomic E-state index is 0.443. The van der Waals surface area contributed by atoms with Crippen LogP contribution in [-0.4, -0.2) is 33.9 Å². The van der Waals surface area contributed by atoms with E-state index in [0.29, 0.717) is 17.2 Å². The van der Waals surface area contributed by atoms with E-state index in [4.69, 9.17) is 5.41 Å². The van der Waals surface area contributed by atoms with E-state index in [2.05, 4.69) is 43.0 Å². The van der Waals surface area contributed by atoms with Crippen molar-refractivity contribution in [2.75, 3.05) is 22.6 Å². The molecule has 8 nitrogen and oxygen atoms in total. The zero-order valence-electron chi connectivity index (χ0n) is 15.6. The first-order valence-electron chi connectivity index (χ1n) is 8.95. The van der Waals surface area contributed by atoms with Crippen LogP contribution in [0.4, 0.5) is 23.0 Å². The number of hydrogen-bond acceptors (Lipinski definition) is 8. The maximum atomic E-state index is 7.77. The van der Waals surface area contributed by atoms with Crippen LogP contribution < -0.4 is 16.1 Å². The summed E-state index contributed by atoms with van der Waals surface area (Å²) in [5.41, 5.74) is 6.19. The van der Waals surface area contributed by atoms with E-state index in [-0.39, 0.29) is 0 Å². The number of benzene rings is 1. The summed E-state index contributed by atoms with van der Waals surface area (Å²) < 4.78 is 0. The Morgan fingerprint density at radius 1 is 1.07 bits per heavy atom. The Labute approximate surface area is 163 Å². The molecule has 142 valence electrons. The molecule has 0 fully saturated rings. The van der Waals surface area contributed by atoms with Crippen LogP contribution in [0.1, 0.15) is 24.5 Å². The predicted molar refractivity (Wildman–Crippen MR) is 114 cm³/mol. The zero-order chi connectivity index (χ0) is 19.6. The average Bonchev–Trinajstić information content (AvgIpc) is 2.73. The molecule has 4 N–H and O–H groups in total. The molecule has 2 aromatic heterocycles. The quantitative estimate of drug-likeness (QED) is 0.334. The van der Waals surface area contributed by atoms with Crippen LogP contribution >= 0.6 is 0 Å². The second-order valence-corrected chi connectivity index (χ2v) is 5.91. The third kappa shape index (κ3) is 5.10. The summed E-state index contributed by atoms with van der Waals surface area (Å²) in [6.45, 7) is 3.03. The van der Waals surface area contributed by atoms with Gasteiger partial charge in [-0.1, -0.05) is 13.0 Å². The van der Waals surface area contributed by atoms with Gasteiger partial charge in [0.25, 0.3) is 0 Å².